The molecule has 0 radical (unpaired) electrons. The van der Waals surface area contributed by atoms with Gasteiger partial charge in [0.2, 0.25) is 21.8 Å². The van der Waals surface area contributed by atoms with E-state index in [1.807, 2.05) is 0 Å². The molecule has 13 nitrogen and oxygen atoms in total. The van der Waals surface area contributed by atoms with Gasteiger partial charge in [-0.2, -0.15) is 13.2 Å². The van der Waals surface area contributed by atoms with Crippen molar-refractivity contribution in [2.45, 2.75) is 82.4 Å². The van der Waals surface area contributed by atoms with E-state index in [2.05, 4.69) is 10.2 Å². The smallest absolute Gasteiger partial charge is 0.404 e. The van der Waals surface area contributed by atoms with Crippen molar-refractivity contribution in [2.75, 3.05) is 18.1 Å². The summed E-state index contributed by atoms with van der Waals surface area (Å²) in [5, 5.41) is 26.0. The third-order valence-corrected chi connectivity index (χ3v) is 13.0. The monoisotopic (exact) mass is 674 g/mol. The number of fused-ring (bicyclic) bond motifs is 1. The molecule has 2 N–H and O–H groups in total. The van der Waals surface area contributed by atoms with Crippen LogP contribution in [0.15, 0.2) is 9.64 Å². The van der Waals surface area contributed by atoms with Crippen molar-refractivity contribution in [1.82, 2.24) is 19.4 Å². The quantitative estimate of drug-likeness (QED) is 0.288. The van der Waals surface area contributed by atoms with Gasteiger partial charge in [-0.1, -0.05) is 53.3 Å². The van der Waals surface area contributed by atoms with Crippen LogP contribution in [0.5, 0.6) is 0 Å². The van der Waals surface area contributed by atoms with E-state index in [9.17, 15) is 45.9 Å². The summed E-state index contributed by atoms with van der Waals surface area (Å²) in [4.78, 5) is 51.4. The molecule has 43 heavy (non-hydrogen) atoms. The Morgan fingerprint density at radius 2 is 1.67 bits per heavy atom. The molecule has 0 aromatic carbocycles. The number of amides is 2. The minimum absolute atomic E-state index is 0.0298. The number of aliphatic carboxylic acids is 2. The van der Waals surface area contributed by atoms with E-state index in [0.717, 1.165) is 35.3 Å². The van der Waals surface area contributed by atoms with Gasteiger partial charge in [0.1, 0.15) is 17.2 Å². The Labute approximate surface area is 254 Å². The number of rotatable bonds is 9. The highest BCUT2D eigenvalue weighted by molar-refractivity contribution is 8.02. The first-order valence-corrected chi connectivity index (χ1v) is 16.3. The Hall–Kier alpha value is -2.54. The maximum atomic E-state index is 13.4. The second-order valence-corrected chi connectivity index (χ2v) is 16.6. The van der Waals surface area contributed by atoms with Crippen LogP contribution in [-0.4, -0.2) is 102 Å². The number of hydrogen-bond donors (Lipinski definition) is 2. The Kier molecular flexibility index (Phi) is 9.03. The van der Waals surface area contributed by atoms with Crippen LogP contribution in [0.4, 0.5) is 13.2 Å². The van der Waals surface area contributed by atoms with Gasteiger partial charge in [0.25, 0.3) is 11.1 Å². The standard InChI is InChI=1S/C24H33F3N4O9S3/c1-12(32)31(43(38,39)11-23(25,26)27)15-16(35)30-9-22(18(36)37,10-41-19-29-28-13(40-19)8-14(33)34)24(20(2,3)4,21(5,6)7)42-17(15)30/h15,17H,8-11H2,1-7H3,(H,33,34)(H,36,37)/t15?,17-,22?/m1/s1. The number of sulfonamides is 1. The zero-order valence-electron chi connectivity index (χ0n) is 24.4. The predicted molar refractivity (Wildman–Crippen MR) is 147 cm³/mol. The Balaban J connectivity index is 2.15. The van der Waals surface area contributed by atoms with Crippen LogP contribution in [0.25, 0.3) is 0 Å². The van der Waals surface area contributed by atoms with E-state index >= 15 is 0 Å². The van der Waals surface area contributed by atoms with Gasteiger partial charge in [0.05, 0.1) is 0 Å². The number of β-lactam (4-membered cyclic amide) rings is 1. The molecule has 1 aromatic heterocycles. The van der Waals surface area contributed by atoms with E-state index < -0.39 is 91.1 Å². The van der Waals surface area contributed by atoms with Gasteiger partial charge in [0, 0.05) is 24.0 Å². The summed E-state index contributed by atoms with van der Waals surface area (Å²) >= 11 is 1.78. The van der Waals surface area contributed by atoms with Gasteiger partial charge < -0.3 is 19.5 Å². The van der Waals surface area contributed by atoms with Crippen molar-refractivity contribution in [3.05, 3.63) is 5.89 Å². The lowest BCUT2D eigenvalue weighted by Gasteiger charge is -2.69. The fourth-order valence-corrected chi connectivity index (χ4v) is 11.5. The summed E-state index contributed by atoms with van der Waals surface area (Å²) in [5.74, 6) is -7.65. The van der Waals surface area contributed by atoms with Crippen molar-refractivity contribution in [3.63, 3.8) is 0 Å². The lowest BCUT2D eigenvalue weighted by molar-refractivity contribution is -0.171. The molecule has 2 aliphatic heterocycles. The minimum atomic E-state index is -5.32. The Morgan fingerprint density at radius 3 is 2.12 bits per heavy atom. The third-order valence-electron chi connectivity index (χ3n) is 7.45. The molecule has 19 heteroatoms. The van der Waals surface area contributed by atoms with Crippen LogP contribution in [-0.2, 0) is 35.6 Å². The molecule has 0 bridgehead atoms. The van der Waals surface area contributed by atoms with Crippen molar-refractivity contribution in [2.24, 2.45) is 16.2 Å². The van der Waals surface area contributed by atoms with Gasteiger partial charge in [-0.3, -0.25) is 19.2 Å². The summed E-state index contributed by atoms with van der Waals surface area (Å²) in [7, 11) is -5.32. The van der Waals surface area contributed by atoms with E-state index in [0.29, 0.717) is 0 Å². The van der Waals surface area contributed by atoms with Crippen LogP contribution >= 0.6 is 23.5 Å². The molecule has 2 aliphatic rings. The van der Waals surface area contributed by atoms with E-state index in [1.54, 1.807) is 41.5 Å². The molecular weight excluding hydrogens is 641 g/mol. The topological polar surface area (TPSA) is 188 Å². The molecule has 1 aromatic rings. The number of aromatic nitrogens is 2. The predicted octanol–water partition coefficient (Wildman–Crippen LogP) is 2.72. The van der Waals surface area contributed by atoms with E-state index in [4.69, 9.17) is 9.52 Å². The van der Waals surface area contributed by atoms with Crippen LogP contribution in [0.2, 0.25) is 0 Å². The van der Waals surface area contributed by atoms with Gasteiger partial charge in [-0.15, -0.1) is 22.0 Å². The average molecular weight is 675 g/mol. The Bertz CT molecular complexity index is 1410. The number of thioether (sulfide) groups is 2. The molecule has 0 spiro atoms. The van der Waals surface area contributed by atoms with Gasteiger partial charge in [-0.05, 0) is 10.8 Å². The molecule has 2 saturated heterocycles. The summed E-state index contributed by atoms with van der Waals surface area (Å²) in [5.41, 5.74) is -3.64. The van der Waals surface area contributed by atoms with Gasteiger partial charge >= 0.3 is 18.1 Å². The molecule has 2 amide bonds. The number of carboxylic acids is 2. The summed E-state index contributed by atoms with van der Waals surface area (Å²) in [6.45, 7) is 10.9. The summed E-state index contributed by atoms with van der Waals surface area (Å²) < 4.78 is 69.1. The van der Waals surface area contributed by atoms with Crippen LogP contribution in [0.3, 0.4) is 0 Å². The molecule has 2 fully saturated rings. The number of hydrogen-bond acceptors (Lipinski definition) is 11. The molecular formula is C24H33F3N4O9S3. The highest BCUT2D eigenvalue weighted by Crippen LogP contribution is 2.69. The zero-order valence-corrected chi connectivity index (χ0v) is 26.8. The van der Waals surface area contributed by atoms with Crippen molar-refractivity contribution >= 4 is 57.3 Å². The number of halogens is 3. The number of carboxylic acid groups (broad SMARTS) is 2. The lowest BCUT2D eigenvalue weighted by atomic mass is 9.53. The average Bonchev–Trinajstić information content (AvgIpc) is 3.23. The molecule has 0 aliphatic carbocycles. The first kappa shape index (κ1) is 34.9. The third kappa shape index (κ3) is 6.08. The van der Waals surface area contributed by atoms with Crippen molar-refractivity contribution in [1.29, 1.82) is 0 Å². The maximum absolute atomic E-state index is 13.4. The lowest BCUT2D eigenvalue weighted by Crippen LogP contribution is -2.81. The largest absolute Gasteiger partial charge is 0.481 e. The van der Waals surface area contributed by atoms with E-state index in [1.165, 1.54) is 0 Å². The zero-order chi connectivity index (χ0) is 33.1. The molecule has 3 atom stereocenters. The molecule has 2 unspecified atom stereocenters. The van der Waals surface area contributed by atoms with Crippen molar-refractivity contribution in [3.8, 4) is 0 Å². The summed E-state index contributed by atoms with van der Waals surface area (Å²) in [6.07, 6.45) is -5.75. The number of alkyl halides is 3. The number of nitrogens with zero attached hydrogens (tertiary/aromatic N) is 4. The van der Waals surface area contributed by atoms with Crippen molar-refractivity contribution < 1.29 is 55.4 Å². The van der Waals surface area contributed by atoms with E-state index in [-0.39, 0.29) is 21.2 Å². The molecule has 242 valence electrons. The number of carbonyl (C=O) groups is 4. The van der Waals surface area contributed by atoms with Gasteiger partial charge in [0.15, 0.2) is 11.8 Å². The van der Waals surface area contributed by atoms with Gasteiger partial charge in [-0.25, -0.2) is 12.7 Å². The Morgan fingerprint density at radius 1 is 1.12 bits per heavy atom. The molecule has 3 heterocycles. The summed E-state index contributed by atoms with van der Waals surface area (Å²) in [6, 6.07) is -1.81. The fourth-order valence-electron chi connectivity index (χ4n) is 6.58. The first-order valence-electron chi connectivity index (χ1n) is 12.8. The molecule has 3 rings (SSSR count). The second kappa shape index (κ2) is 11.1. The number of carbonyl (C=O) groups excluding carboxylic acids is 2. The van der Waals surface area contributed by atoms with Crippen LogP contribution in [0.1, 0.15) is 54.4 Å². The molecule has 0 saturated carbocycles. The normalized spacial score (nSPS) is 24.2. The fraction of sp³-hybridized carbons (Fsp3) is 0.750. The van der Waals surface area contributed by atoms with Crippen LogP contribution in [0, 0.1) is 16.2 Å². The minimum Gasteiger partial charge on any atom is -0.481 e. The maximum Gasteiger partial charge on any atom is 0.404 e. The highest BCUT2D eigenvalue weighted by Gasteiger charge is 2.75. The second-order valence-electron chi connectivity index (χ2n) is 12.5. The highest BCUT2D eigenvalue weighted by atomic mass is 32.2. The van der Waals surface area contributed by atoms with Crippen LogP contribution < -0.4 is 0 Å². The SMILES string of the molecule is CC(=O)N(C1C(=O)N2CC(CSc3nnc(CC(=O)O)o3)(C(=O)O)C(C(C)(C)C)(C(C)(C)C)S[C@H]12)S(=O)(=O)CC(F)(F)F. The first-order chi connectivity index (χ1) is 19.3.